The minimum Gasteiger partial charge on any atom is -0.378 e. The van der Waals surface area contributed by atoms with Gasteiger partial charge in [-0.2, -0.15) is 0 Å². The van der Waals surface area contributed by atoms with Crippen molar-refractivity contribution in [2.24, 2.45) is 11.0 Å². The van der Waals surface area contributed by atoms with Crippen LogP contribution in [0.2, 0.25) is 0 Å². The van der Waals surface area contributed by atoms with Gasteiger partial charge in [0.25, 0.3) is 0 Å². The summed E-state index contributed by atoms with van der Waals surface area (Å²) >= 11 is 0. The molecule has 0 aromatic rings. The highest BCUT2D eigenvalue weighted by Crippen LogP contribution is 2.05. The number of unbranched alkanes of at least 4 members (excludes halogenated alkanes) is 1. The first-order chi connectivity index (χ1) is 6.18. The van der Waals surface area contributed by atoms with Gasteiger partial charge in [-0.3, -0.25) is 0 Å². The van der Waals surface area contributed by atoms with E-state index < -0.39 is 0 Å². The first kappa shape index (κ1) is 12.3. The van der Waals surface area contributed by atoms with Gasteiger partial charge in [-0.1, -0.05) is 19.0 Å². The van der Waals surface area contributed by atoms with E-state index in [1.165, 1.54) is 0 Å². The van der Waals surface area contributed by atoms with Gasteiger partial charge in [0.05, 0.1) is 6.10 Å². The molecule has 0 fully saturated rings. The number of azide groups is 1. The molecule has 0 rings (SSSR count). The maximum Gasteiger partial charge on any atom is 0.0569 e. The van der Waals surface area contributed by atoms with Crippen molar-refractivity contribution in [1.29, 1.82) is 0 Å². The van der Waals surface area contributed by atoms with Crippen LogP contribution in [0.15, 0.2) is 5.11 Å². The maximum absolute atomic E-state index is 8.01. The average Bonchev–Trinajstić information content (AvgIpc) is 2.10. The lowest BCUT2D eigenvalue weighted by Gasteiger charge is -2.15. The highest BCUT2D eigenvalue weighted by atomic mass is 16.5. The highest BCUT2D eigenvalue weighted by Gasteiger charge is 2.05. The molecular formula is C9H19N3O. The predicted octanol–water partition coefficient (Wildman–Crippen LogP) is 3.14. The van der Waals surface area contributed by atoms with Crippen molar-refractivity contribution >= 4 is 0 Å². The summed E-state index contributed by atoms with van der Waals surface area (Å²) in [6, 6.07) is 0. The summed E-state index contributed by atoms with van der Waals surface area (Å²) in [5, 5.41) is 3.45. The summed E-state index contributed by atoms with van der Waals surface area (Å²) in [6.07, 6.45) is 2.20. The molecule has 76 valence electrons. The molecule has 0 saturated carbocycles. The zero-order chi connectivity index (χ0) is 10.1. The van der Waals surface area contributed by atoms with Crippen molar-refractivity contribution in [2.45, 2.75) is 39.7 Å². The van der Waals surface area contributed by atoms with Crippen molar-refractivity contribution in [1.82, 2.24) is 0 Å². The molecule has 0 unspecified atom stereocenters. The number of nitrogens with zero attached hydrogens (tertiary/aromatic N) is 3. The van der Waals surface area contributed by atoms with Crippen LogP contribution in [0.4, 0.5) is 0 Å². The smallest absolute Gasteiger partial charge is 0.0569 e. The van der Waals surface area contributed by atoms with Crippen molar-refractivity contribution < 1.29 is 4.74 Å². The second-order valence-electron chi connectivity index (χ2n) is 3.48. The molecule has 0 aliphatic carbocycles. The monoisotopic (exact) mass is 185 g/mol. The zero-order valence-electron chi connectivity index (χ0n) is 8.73. The summed E-state index contributed by atoms with van der Waals surface area (Å²) in [4.78, 5) is 2.68. The van der Waals surface area contributed by atoms with E-state index in [-0.39, 0.29) is 0 Å². The molecule has 13 heavy (non-hydrogen) atoms. The third-order valence-corrected chi connectivity index (χ3v) is 2.04. The Morgan fingerprint density at radius 3 is 2.54 bits per heavy atom. The van der Waals surface area contributed by atoms with Gasteiger partial charge >= 0.3 is 0 Å². The normalized spacial score (nSPS) is 12.6. The SMILES string of the molecule is CC(C)[C@@H](C)OCCCCN=[N+]=[N-]. The minimum atomic E-state index is 0.319. The first-order valence-corrected chi connectivity index (χ1v) is 4.81. The Kier molecular flexibility index (Phi) is 7.45. The average molecular weight is 185 g/mol. The maximum atomic E-state index is 8.01. The van der Waals surface area contributed by atoms with Crippen LogP contribution in [0.3, 0.4) is 0 Å². The van der Waals surface area contributed by atoms with E-state index in [0.717, 1.165) is 19.4 Å². The summed E-state index contributed by atoms with van der Waals surface area (Å²) in [5.74, 6) is 0.567. The molecule has 4 heteroatoms. The molecule has 0 radical (unpaired) electrons. The Balaban J connectivity index is 3.20. The molecule has 0 saturated heterocycles. The third kappa shape index (κ3) is 7.62. The van der Waals surface area contributed by atoms with Crippen molar-refractivity contribution in [3.8, 4) is 0 Å². The second kappa shape index (κ2) is 7.90. The number of rotatable bonds is 7. The molecule has 0 aliphatic rings. The fourth-order valence-electron chi connectivity index (χ4n) is 0.791. The number of ether oxygens (including phenoxy) is 1. The fraction of sp³-hybridized carbons (Fsp3) is 1.00. The lowest BCUT2D eigenvalue weighted by atomic mass is 10.1. The van der Waals surface area contributed by atoms with E-state index in [9.17, 15) is 0 Å². The topological polar surface area (TPSA) is 58.0 Å². The van der Waals surface area contributed by atoms with Crippen LogP contribution in [0.25, 0.3) is 10.4 Å². The Labute approximate surface area is 79.9 Å². The second-order valence-corrected chi connectivity index (χ2v) is 3.48. The Hall–Kier alpha value is -0.730. The summed E-state index contributed by atoms with van der Waals surface area (Å²) in [5.41, 5.74) is 8.01. The van der Waals surface area contributed by atoms with Crippen LogP contribution >= 0.6 is 0 Å². The number of hydrogen-bond donors (Lipinski definition) is 0. The summed E-state index contributed by atoms with van der Waals surface area (Å²) in [6.45, 7) is 7.71. The zero-order valence-corrected chi connectivity index (χ0v) is 8.73. The van der Waals surface area contributed by atoms with Gasteiger partial charge in [-0.05, 0) is 31.2 Å². The number of hydrogen-bond acceptors (Lipinski definition) is 2. The molecule has 0 aliphatic heterocycles. The molecule has 4 nitrogen and oxygen atoms in total. The molecule has 0 bridgehead atoms. The van der Waals surface area contributed by atoms with E-state index in [0.29, 0.717) is 18.6 Å². The van der Waals surface area contributed by atoms with E-state index in [2.05, 4.69) is 30.8 Å². The van der Waals surface area contributed by atoms with E-state index in [1.54, 1.807) is 0 Å². The minimum absolute atomic E-state index is 0.319. The van der Waals surface area contributed by atoms with Gasteiger partial charge in [0.15, 0.2) is 0 Å². The van der Waals surface area contributed by atoms with E-state index >= 15 is 0 Å². The van der Waals surface area contributed by atoms with Crippen LogP contribution in [0.5, 0.6) is 0 Å². The van der Waals surface area contributed by atoms with Crippen molar-refractivity contribution in [2.75, 3.05) is 13.2 Å². The quantitative estimate of drug-likeness (QED) is 0.260. The third-order valence-electron chi connectivity index (χ3n) is 2.04. The molecule has 0 N–H and O–H groups in total. The summed E-state index contributed by atoms with van der Waals surface area (Å²) in [7, 11) is 0. The van der Waals surface area contributed by atoms with Gasteiger partial charge in [-0.15, -0.1) is 0 Å². The van der Waals surface area contributed by atoms with Crippen LogP contribution < -0.4 is 0 Å². The van der Waals surface area contributed by atoms with Crippen LogP contribution in [0, 0.1) is 5.92 Å². The Bertz CT molecular complexity index is 164. The van der Waals surface area contributed by atoms with Gasteiger partial charge in [0.1, 0.15) is 0 Å². The van der Waals surface area contributed by atoms with Gasteiger partial charge < -0.3 is 4.74 Å². The molecular weight excluding hydrogens is 166 g/mol. The molecule has 0 amide bonds. The lowest BCUT2D eigenvalue weighted by Crippen LogP contribution is -2.16. The molecule has 0 aromatic heterocycles. The summed E-state index contributed by atoms with van der Waals surface area (Å²) < 4.78 is 5.55. The van der Waals surface area contributed by atoms with E-state index in [1.807, 2.05) is 0 Å². The van der Waals surface area contributed by atoms with Crippen molar-refractivity contribution in [3.63, 3.8) is 0 Å². The first-order valence-electron chi connectivity index (χ1n) is 4.81. The van der Waals surface area contributed by atoms with Crippen LogP contribution in [-0.4, -0.2) is 19.3 Å². The Morgan fingerprint density at radius 1 is 1.31 bits per heavy atom. The van der Waals surface area contributed by atoms with E-state index in [4.69, 9.17) is 10.3 Å². The van der Waals surface area contributed by atoms with Crippen LogP contribution in [-0.2, 0) is 4.74 Å². The Morgan fingerprint density at radius 2 is 2.00 bits per heavy atom. The molecule has 0 heterocycles. The fourth-order valence-corrected chi connectivity index (χ4v) is 0.791. The van der Waals surface area contributed by atoms with Gasteiger partial charge in [-0.25, -0.2) is 0 Å². The predicted molar refractivity (Wildman–Crippen MR) is 53.5 cm³/mol. The van der Waals surface area contributed by atoms with Crippen LogP contribution in [0.1, 0.15) is 33.6 Å². The largest absolute Gasteiger partial charge is 0.378 e. The lowest BCUT2D eigenvalue weighted by molar-refractivity contribution is 0.0336. The van der Waals surface area contributed by atoms with Crippen molar-refractivity contribution in [3.05, 3.63) is 10.4 Å². The molecule has 0 aromatic carbocycles. The van der Waals surface area contributed by atoms with Gasteiger partial charge in [0, 0.05) is 18.1 Å². The highest BCUT2D eigenvalue weighted by molar-refractivity contribution is 4.55. The van der Waals surface area contributed by atoms with Gasteiger partial charge in [0.2, 0.25) is 0 Å². The molecule has 0 spiro atoms. The molecule has 1 atom stereocenters. The standard InChI is InChI=1S/C9H19N3O/c1-8(2)9(3)13-7-5-4-6-11-12-10/h8-9H,4-7H2,1-3H3/t9-/m1/s1.